The molecule has 5 nitrogen and oxygen atoms in total. The molecule has 2 aliphatic rings. The standard InChI is InChI=1S/C19H38N4O/c1-16(2)13-23-10-4-6-18(14-23)12-22-19(20-3)21-9-5-11-24-15-17-7-8-17/h16-18H,4-15H2,1-3H3,(H2,20,21,22). The summed E-state index contributed by atoms with van der Waals surface area (Å²) in [4.78, 5) is 6.95. The zero-order valence-corrected chi connectivity index (χ0v) is 16.0. The number of nitrogens with zero attached hydrogens (tertiary/aromatic N) is 2. The van der Waals surface area contributed by atoms with Crippen LogP contribution in [0, 0.1) is 17.8 Å². The van der Waals surface area contributed by atoms with Crippen LogP contribution in [-0.4, -0.2) is 63.8 Å². The zero-order chi connectivity index (χ0) is 17.2. The van der Waals surface area contributed by atoms with Gasteiger partial charge in [-0.2, -0.15) is 0 Å². The molecule has 1 atom stereocenters. The van der Waals surface area contributed by atoms with Gasteiger partial charge < -0.3 is 20.3 Å². The molecular formula is C19H38N4O. The third-order valence-electron chi connectivity index (χ3n) is 4.82. The number of likely N-dealkylation sites (tertiary alicyclic amines) is 1. The molecule has 24 heavy (non-hydrogen) atoms. The van der Waals surface area contributed by atoms with Gasteiger partial charge in [0.25, 0.3) is 0 Å². The van der Waals surface area contributed by atoms with E-state index in [1.165, 1.54) is 45.3 Å². The molecule has 0 aromatic carbocycles. The summed E-state index contributed by atoms with van der Waals surface area (Å²) in [6.45, 7) is 12.1. The van der Waals surface area contributed by atoms with Crippen LogP contribution in [0.5, 0.6) is 0 Å². The van der Waals surface area contributed by atoms with Crippen molar-refractivity contribution in [1.29, 1.82) is 0 Å². The molecule has 0 spiro atoms. The highest BCUT2D eigenvalue weighted by atomic mass is 16.5. The number of guanidine groups is 1. The van der Waals surface area contributed by atoms with Crippen LogP contribution < -0.4 is 10.6 Å². The Balaban J connectivity index is 1.53. The fourth-order valence-corrected chi connectivity index (χ4v) is 3.38. The van der Waals surface area contributed by atoms with E-state index < -0.39 is 0 Å². The van der Waals surface area contributed by atoms with Gasteiger partial charge >= 0.3 is 0 Å². The van der Waals surface area contributed by atoms with Crippen molar-refractivity contribution in [2.45, 2.75) is 46.0 Å². The lowest BCUT2D eigenvalue weighted by Crippen LogP contribution is -2.45. The van der Waals surface area contributed by atoms with Crippen molar-refractivity contribution in [3.8, 4) is 0 Å². The molecular weight excluding hydrogens is 300 g/mol. The SMILES string of the molecule is CN=C(NCCCOCC1CC1)NCC1CCCN(CC(C)C)C1. The van der Waals surface area contributed by atoms with Crippen LogP contribution in [0.15, 0.2) is 4.99 Å². The molecule has 0 aromatic heterocycles. The first kappa shape index (κ1) is 19.5. The van der Waals surface area contributed by atoms with Crippen molar-refractivity contribution in [1.82, 2.24) is 15.5 Å². The summed E-state index contributed by atoms with van der Waals surface area (Å²) in [5.74, 6) is 3.28. The van der Waals surface area contributed by atoms with E-state index in [2.05, 4.69) is 34.4 Å². The molecule has 0 radical (unpaired) electrons. The average Bonchev–Trinajstić information content (AvgIpc) is 3.37. The second-order valence-corrected chi connectivity index (χ2v) is 7.91. The Hall–Kier alpha value is -0.810. The molecule has 1 saturated carbocycles. The normalized spacial score (nSPS) is 22.8. The molecule has 140 valence electrons. The molecule has 1 aliphatic heterocycles. The van der Waals surface area contributed by atoms with Crippen molar-refractivity contribution in [2.24, 2.45) is 22.7 Å². The van der Waals surface area contributed by atoms with Crippen LogP contribution >= 0.6 is 0 Å². The van der Waals surface area contributed by atoms with Gasteiger partial charge in [0.2, 0.25) is 0 Å². The van der Waals surface area contributed by atoms with Gasteiger partial charge in [-0.1, -0.05) is 13.8 Å². The first-order valence-corrected chi connectivity index (χ1v) is 9.92. The van der Waals surface area contributed by atoms with E-state index in [4.69, 9.17) is 4.74 Å². The van der Waals surface area contributed by atoms with Crippen molar-refractivity contribution in [2.75, 3.05) is 53.0 Å². The van der Waals surface area contributed by atoms with Crippen LogP contribution in [0.1, 0.15) is 46.0 Å². The molecule has 1 heterocycles. The van der Waals surface area contributed by atoms with Gasteiger partial charge in [0.05, 0.1) is 0 Å². The number of nitrogens with one attached hydrogen (secondary N) is 2. The minimum Gasteiger partial charge on any atom is -0.381 e. The highest BCUT2D eigenvalue weighted by Crippen LogP contribution is 2.28. The second kappa shape index (κ2) is 10.9. The largest absolute Gasteiger partial charge is 0.381 e. The summed E-state index contributed by atoms with van der Waals surface area (Å²) in [5.41, 5.74) is 0. The highest BCUT2D eigenvalue weighted by molar-refractivity contribution is 5.79. The Labute approximate surface area is 148 Å². The van der Waals surface area contributed by atoms with Crippen LogP contribution in [0.2, 0.25) is 0 Å². The van der Waals surface area contributed by atoms with E-state index in [-0.39, 0.29) is 0 Å². The van der Waals surface area contributed by atoms with E-state index in [0.717, 1.165) is 56.4 Å². The second-order valence-electron chi connectivity index (χ2n) is 7.91. The fourth-order valence-electron chi connectivity index (χ4n) is 3.38. The summed E-state index contributed by atoms with van der Waals surface area (Å²) < 4.78 is 5.67. The number of piperidine rings is 1. The first-order chi connectivity index (χ1) is 11.7. The van der Waals surface area contributed by atoms with Crippen LogP contribution in [0.3, 0.4) is 0 Å². The van der Waals surface area contributed by atoms with Gasteiger partial charge in [0.1, 0.15) is 0 Å². The Kier molecular flexibility index (Phi) is 8.89. The van der Waals surface area contributed by atoms with Crippen LogP contribution in [0.4, 0.5) is 0 Å². The van der Waals surface area contributed by atoms with Gasteiger partial charge in [-0.15, -0.1) is 0 Å². The minimum absolute atomic E-state index is 0.734. The van der Waals surface area contributed by atoms with Crippen molar-refractivity contribution in [3.63, 3.8) is 0 Å². The summed E-state index contributed by atoms with van der Waals surface area (Å²) in [6.07, 6.45) is 6.42. The third-order valence-corrected chi connectivity index (χ3v) is 4.82. The quantitative estimate of drug-likeness (QED) is 0.365. The number of aliphatic imine (C=N–C) groups is 1. The Morgan fingerprint density at radius 2 is 2.04 bits per heavy atom. The Bertz CT molecular complexity index is 368. The predicted octanol–water partition coefficient (Wildman–Crippen LogP) is 2.34. The van der Waals surface area contributed by atoms with E-state index in [0.29, 0.717) is 0 Å². The van der Waals surface area contributed by atoms with Gasteiger partial charge in [0.15, 0.2) is 5.96 Å². The van der Waals surface area contributed by atoms with Gasteiger partial charge in [-0.05, 0) is 56.4 Å². The smallest absolute Gasteiger partial charge is 0.190 e. The number of ether oxygens (including phenoxy) is 1. The molecule has 0 amide bonds. The Morgan fingerprint density at radius 1 is 1.21 bits per heavy atom. The number of rotatable bonds is 10. The zero-order valence-electron chi connectivity index (χ0n) is 16.0. The molecule has 0 bridgehead atoms. The summed E-state index contributed by atoms with van der Waals surface area (Å²) in [6, 6.07) is 0. The topological polar surface area (TPSA) is 48.9 Å². The van der Waals surface area contributed by atoms with E-state index in [9.17, 15) is 0 Å². The molecule has 1 unspecified atom stereocenters. The Morgan fingerprint density at radius 3 is 2.75 bits per heavy atom. The minimum atomic E-state index is 0.734. The molecule has 5 heteroatoms. The molecule has 2 rings (SSSR count). The summed E-state index contributed by atoms with van der Waals surface area (Å²) >= 11 is 0. The lowest BCUT2D eigenvalue weighted by Gasteiger charge is -2.34. The molecule has 1 saturated heterocycles. The fraction of sp³-hybridized carbons (Fsp3) is 0.947. The number of hydrogen-bond acceptors (Lipinski definition) is 3. The predicted molar refractivity (Wildman–Crippen MR) is 102 cm³/mol. The van der Waals surface area contributed by atoms with E-state index in [1.807, 2.05) is 7.05 Å². The van der Waals surface area contributed by atoms with Crippen molar-refractivity contribution >= 4 is 5.96 Å². The summed E-state index contributed by atoms with van der Waals surface area (Å²) in [5, 5.41) is 6.91. The maximum absolute atomic E-state index is 5.67. The maximum atomic E-state index is 5.67. The van der Waals surface area contributed by atoms with Crippen LogP contribution in [0.25, 0.3) is 0 Å². The van der Waals surface area contributed by atoms with Crippen LogP contribution in [-0.2, 0) is 4.74 Å². The molecule has 2 N–H and O–H groups in total. The van der Waals surface area contributed by atoms with Gasteiger partial charge in [0, 0.05) is 46.4 Å². The summed E-state index contributed by atoms with van der Waals surface area (Å²) in [7, 11) is 1.85. The first-order valence-electron chi connectivity index (χ1n) is 9.92. The molecule has 1 aliphatic carbocycles. The van der Waals surface area contributed by atoms with E-state index in [1.54, 1.807) is 0 Å². The molecule has 0 aromatic rings. The monoisotopic (exact) mass is 338 g/mol. The lowest BCUT2D eigenvalue weighted by atomic mass is 9.97. The lowest BCUT2D eigenvalue weighted by molar-refractivity contribution is 0.123. The van der Waals surface area contributed by atoms with Gasteiger partial charge in [-0.3, -0.25) is 4.99 Å². The van der Waals surface area contributed by atoms with E-state index >= 15 is 0 Å². The van der Waals surface area contributed by atoms with Crippen molar-refractivity contribution < 1.29 is 4.74 Å². The average molecular weight is 339 g/mol. The van der Waals surface area contributed by atoms with Crippen molar-refractivity contribution in [3.05, 3.63) is 0 Å². The van der Waals surface area contributed by atoms with Gasteiger partial charge in [-0.25, -0.2) is 0 Å². The maximum Gasteiger partial charge on any atom is 0.190 e. The highest BCUT2D eigenvalue weighted by Gasteiger charge is 2.21. The third kappa shape index (κ3) is 8.34. The number of hydrogen-bond donors (Lipinski definition) is 2. The molecule has 2 fully saturated rings.